The average Bonchev–Trinajstić information content (AvgIpc) is 3.51. The molecule has 4 aromatic carbocycles. The molecule has 1 fully saturated rings. The van der Waals surface area contributed by atoms with E-state index < -0.39 is 16.1 Å². The Morgan fingerprint density at radius 3 is 2.28 bits per heavy atom. The van der Waals surface area contributed by atoms with Gasteiger partial charge in [0, 0.05) is 23.3 Å². The van der Waals surface area contributed by atoms with Crippen LogP contribution in [0.25, 0.3) is 23.4 Å². The number of carbonyl (C=O) groups excluding carboxylic acids is 1. The maximum Gasteiger partial charge on any atom is 0.326 e. The summed E-state index contributed by atoms with van der Waals surface area (Å²) >= 11 is 12.6. The van der Waals surface area contributed by atoms with Gasteiger partial charge in [-0.1, -0.05) is 71.7 Å². The lowest BCUT2D eigenvalue weighted by Crippen LogP contribution is -2.29. The van der Waals surface area contributed by atoms with Crippen LogP contribution in [-0.2, 0) is 21.5 Å². The normalized spacial score (nSPS) is 14.3. The van der Waals surface area contributed by atoms with Gasteiger partial charge < -0.3 is 9.30 Å². The number of imidazole rings is 1. The highest BCUT2D eigenvalue weighted by atomic mass is 35.5. The fraction of sp³-hybridized carbons (Fsp3) is 0.0625. The van der Waals surface area contributed by atoms with Gasteiger partial charge in [-0.15, -0.1) is 0 Å². The molecule has 0 saturated carbocycles. The predicted molar refractivity (Wildman–Crippen MR) is 170 cm³/mol. The van der Waals surface area contributed by atoms with E-state index in [-0.39, 0.29) is 6.54 Å². The van der Waals surface area contributed by atoms with Crippen LogP contribution in [0, 0.1) is 0 Å². The molecule has 216 valence electrons. The fourth-order valence-corrected chi connectivity index (χ4v) is 6.25. The average molecular weight is 632 g/mol. The van der Waals surface area contributed by atoms with E-state index in [1.165, 1.54) is 0 Å². The van der Waals surface area contributed by atoms with Gasteiger partial charge in [0.25, 0.3) is 5.91 Å². The molecular weight excluding hydrogens is 607 g/mol. The number of ether oxygens (including phenoxy) is 1. The SMILES string of the molecule is O=C1CN(c2ccc(Cn3cc(-c4ccc(Cl)cc4Cl)nc3/C=C/c3ccc(Oc4ccccc4)cc3)cc2)S(=O)(=O)N1. The molecule has 1 N–H and O–H groups in total. The Labute approximate surface area is 259 Å². The van der Waals surface area contributed by atoms with E-state index in [4.69, 9.17) is 32.9 Å². The summed E-state index contributed by atoms with van der Waals surface area (Å²) in [5.74, 6) is 1.62. The van der Waals surface area contributed by atoms with Crippen molar-refractivity contribution in [1.29, 1.82) is 0 Å². The molecule has 1 aliphatic heterocycles. The molecule has 2 heterocycles. The van der Waals surface area contributed by atoms with Crippen molar-refractivity contribution >= 4 is 57.2 Å². The summed E-state index contributed by atoms with van der Waals surface area (Å²) in [6.07, 6.45) is 5.79. The molecule has 11 heteroatoms. The van der Waals surface area contributed by atoms with Gasteiger partial charge >= 0.3 is 10.2 Å². The molecule has 1 saturated heterocycles. The van der Waals surface area contributed by atoms with Crippen molar-refractivity contribution in [3.8, 4) is 22.8 Å². The molecule has 0 aliphatic carbocycles. The van der Waals surface area contributed by atoms with Gasteiger partial charge in [-0.3, -0.25) is 4.79 Å². The van der Waals surface area contributed by atoms with Gasteiger partial charge in [0.15, 0.2) is 0 Å². The molecule has 0 spiro atoms. The summed E-state index contributed by atoms with van der Waals surface area (Å²) in [4.78, 5) is 16.5. The number of carbonyl (C=O) groups is 1. The molecular formula is C32H24Cl2N4O4S. The van der Waals surface area contributed by atoms with Crippen molar-refractivity contribution in [2.45, 2.75) is 6.54 Å². The van der Waals surface area contributed by atoms with E-state index in [0.29, 0.717) is 33.8 Å². The van der Waals surface area contributed by atoms with Gasteiger partial charge in [0.1, 0.15) is 23.9 Å². The maximum absolute atomic E-state index is 12.2. The third kappa shape index (κ3) is 6.59. The van der Waals surface area contributed by atoms with Crippen LogP contribution in [0.5, 0.6) is 11.5 Å². The second-order valence-corrected chi connectivity index (χ2v) is 12.2. The molecule has 0 atom stereocenters. The van der Waals surface area contributed by atoms with Crippen molar-refractivity contribution in [2.24, 2.45) is 0 Å². The molecule has 1 amide bonds. The Kier molecular flexibility index (Phi) is 7.94. The number of rotatable bonds is 8. The van der Waals surface area contributed by atoms with E-state index in [0.717, 1.165) is 32.5 Å². The molecule has 1 aromatic heterocycles. The molecule has 0 bridgehead atoms. The van der Waals surface area contributed by atoms with Crippen LogP contribution in [0.4, 0.5) is 5.69 Å². The number of nitrogens with one attached hydrogen (secondary N) is 1. The minimum atomic E-state index is -3.88. The van der Waals surface area contributed by atoms with E-state index in [1.54, 1.807) is 24.3 Å². The lowest BCUT2D eigenvalue weighted by molar-refractivity contribution is -0.117. The van der Waals surface area contributed by atoms with Crippen LogP contribution >= 0.6 is 23.2 Å². The van der Waals surface area contributed by atoms with Gasteiger partial charge in [0.05, 0.1) is 16.4 Å². The van der Waals surface area contributed by atoms with Gasteiger partial charge in [-0.25, -0.2) is 14.0 Å². The van der Waals surface area contributed by atoms with Crippen molar-refractivity contribution < 1.29 is 17.9 Å². The third-order valence-corrected chi connectivity index (χ3v) is 8.65. The zero-order chi connectivity index (χ0) is 30.0. The first-order valence-corrected chi connectivity index (χ1v) is 15.4. The summed E-state index contributed by atoms with van der Waals surface area (Å²) in [6.45, 7) is 0.203. The van der Waals surface area contributed by atoms with Gasteiger partial charge in [-0.2, -0.15) is 8.42 Å². The number of halogens is 2. The van der Waals surface area contributed by atoms with E-state index in [2.05, 4.69) is 0 Å². The highest BCUT2D eigenvalue weighted by Crippen LogP contribution is 2.31. The molecule has 8 nitrogen and oxygen atoms in total. The van der Waals surface area contributed by atoms with Crippen LogP contribution in [0.2, 0.25) is 10.0 Å². The second kappa shape index (κ2) is 12.0. The Morgan fingerprint density at radius 2 is 1.60 bits per heavy atom. The Hall–Kier alpha value is -4.57. The molecule has 6 rings (SSSR count). The molecule has 0 radical (unpaired) electrons. The quantitative estimate of drug-likeness (QED) is 0.198. The summed E-state index contributed by atoms with van der Waals surface area (Å²) in [5, 5.41) is 1.02. The highest BCUT2D eigenvalue weighted by Gasteiger charge is 2.33. The Balaban J connectivity index is 1.26. The molecule has 0 unspecified atom stereocenters. The Morgan fingerprint density at radius 1 is 0.884 bits per heavy atom. The zero-order valence-electron chi connectivity index (χ0n) is 22.5. The number of nitrogens with zero attached hydrogens (tertiary/aromatic N) is 3. The number of benzene rings is 4. The number of hydrogen-bond donors (Lipinski definition) is 1. The maximum atomic E-state index is 12.2. The monoisotopic (exact) mass is 630 g/mol. The summed E-state index contributed by atoms with van der Waals surface area (Å²) in [6, 6.07) is 29.6. The summed E-state index contributed by atoms with van der Waals surface area (Å²) in [5.41, 5.74) is 3.69. The highest BCUT2D eigenvalue weighted by molar-refractivity contribution is 7.92. The minimum Gasteiger partial charge on any atom is -0.457 e. The van der Waals surface area contributed by atoms with Crippen LogP contribution in [0.3, 0.4) is 0 Å². The number of amides is 1. The van der Waals surface area contributed by atoms with Crippen molar-refractivity contribution in [2.75, 3.05) is 10.8 Å². The van der Waals surface area contributed by atoms with E-state index >= 15 is 0 Å². The topological polar surface area (TPSA) is 93.5 Å². The first-order chi connectivity index (χ1) is 20.7. The van der Waals surface area contributed by atoms with Crippen LogP contribution in [0.15, 0.2) is 103 Å². The number of hydrogen-bond acceptors (Lipinski definition) is 5. The summed E-state index contributed by atoms with van der Waals surface area (Å²) < 4.78 is 35.3. The number of aromatic nitrogens is 2. The molecule has 1 aliphatic rings. The van der Waals surface area contributed by atoms with Crippen molar-refractivity contribution in [1.82, 2.24) is 14.3 Å². The lowest BCUT2D eigenvalue weighted by Gasteiger charge is -2.15. The van der Waals surface area contributed by atoms with Gasteiger partial charge in [0.2, 0.25) is 0 Å². The largest absolute Gasteiger partial charge is 0.457 e. The zero-order valence-corrected chi connectivity index (χ0v) is 24.9. The van der Waals surface area contributed by atoms with E-state index in [9.17, 15) is 13.2 Å². The number of anilines is 1. The van der Waals surface area contributed by atoms with Crippen molar-refractivity contribution in [3.63, 3.8) is 0 Å². The van der Waals surface area contributed by atoms with E-state index in [1.807, 2.05) is 100 Å². The van der Waals surface area contributed by atoms with Crippen LogP contribution in [0.1, 0.15) is 17.0 Å². The Bertz CT molecular complexity index is 1930. The minimum absolute atomic E-state index is 0.247. The lowest BCUT2D eigenvalue weighted by atomic mass is 10.1. The summed E-state index contributed by atoms with van der Waals surface area (Å²) in [7, 11) is -3.88. The molecule has 5 aromatic rings. The third-order valence-electron chi connectivity index (χ3n) is 6.70. The first kappa shape index (κ1) is 28.5. The second-order valence-electron chi connectivity index (χ2n) is 9.76. The van der Waals surface area contributed by atoms with Gasteiger partial charge in [-0.05, 0) is 71.8 Å². The van der Waals surface area contributed by atoms with Crippen LogP contribution < -0.4 is 13.8 Å². The number of para-hydroxylation sites is 1. The van der Waals surface area contributed by atoms with Crippen LogP contribution in [-0.4, -0.2) is 30.4 Å². The smallest absolute Gasteiger partial charge is 0.326 e. The van der Waals surface area contributed by atoms with Crippen molar-refractivity contribution in [3.05, 3.63) is 130 Å². The first-order valence-electron chi connectivity index (χ1n) is 13.2. The predicted octanol–water partition coefficient (Wildman–Crippen LogP) is 7.05. The standard InChI is InChI=1S/C32H24Cl2N4O4S/c33-24-11-16-28(29(34)18-24)30-20-37(19-23-6-12-25(13-7-23)38-21-32(39)36-43(38,40)41)31(35-30)17-10-22-8-14-27(15-9-22)42-26-4-2-1-3-5-26/h1-18,20H,19,21H2,(H,36,39)/b17-10+. The molecule has 43 heavy (non-hydrogen) atoms. The fourth-order valence-electron chi connectivity index (χ4n) is 4.60.